The minimum atomic E-state index is -0.347. The zero-order valence-corrected chi connectivity index (χ0v) is 10.4. The van der Waals surface area contributed by atoms with E-state index in [9.17, 15) is 9.18 Å². The van der Waals surface area contributed by atoms with E-state index in [2.05, 4.69) is 4.98 Å². The van der Waals surface area contributed by atoms with Crippen molar-refractivity contribution in [3.63, 3.8) is 0 Å². The highest BCUT2D eigenvalue weighted by Crippen LogP contribution is 2.16. The third-order valence-electron chi connectivity index (χ3n) is 2.45. The number of benzene rings is 1. The summed E-state index contributed by atoms with van der Waals surface area (Å²) in [5.41, 5.74) is 0.831. The molecule has 0 unspecified atom stereocenters. The van der Waals surface area contributed by atoms with Gasteiger partial charge in [0.15, 0.2) is 0 Å². The summed E-state index contributed by atoms with van der Waals surface area (Å²) in [7, 11) is 1.60. The van der Waals surface area contributed by atoms with Gasteiger partial charge in [-0.3, -0.25) is 4.79 Å². The molecule has 0 aliphatic carbocycles. The van der Waals surface area contributed by atoms with Crippen LogP contribution in [0.5, 0.6) is 0 Å². The first-order chi connectivity index (χ1) is 8.58. The molecule has 2 rings (SSSR count). The summed E-state index contributed by atoms with van der Waals surface area (Å²) in [6.45, 7) is 0. The Morgan fingerprint density at radius 3 is 2.50 bits per heavy atom. The lowest BCUT2D eigenvalue weighted by molar-refractivity contribution is 0.0988. The van der Waals surface area contributed by atoms with Crippen molar-refractivity contribution in [1.29, 1.82) is 0 Å². The van der Waals surface area contributed by atoms with Crippen LogP contribution in [-0.2, 0) is 0 Å². The smallest absolute Gasteiger partial charge is 0.276 e. The zero-order chi connectivity index (χ0) is 13.1. The first-order valence-electron chi connectivity index (χ1n) is 5.24. The van der Waals surface area contributed by atoms with Crippen LogP contribution in [0.3, 0.4) is 0 Å². The fourth-order valence-corrected chi connectivity index (χ4v) is 1.64. The maximum atomic E-state index is 12.8. The number of anilines is 1. The van der Waals surface area contributed by atoms with Gasteiger partial charge in [0.25, 0.3) is 5.91 Å². The van der Waals surface area contributed by atoms with Gasteiger partial charge in [0.05, 0.1) is 0 Å². The highest BCUT2D eigenvalue weighted by atomic mass is 35.5. The van der Waals surface area contributed by atoms with Crippen LogP contribution in [0.1, 0.15) is 10.5 Å². The number of carbonyl (C=O) groups is 1. The van der Waals surface area contributed by atoms with Crippen LogP contribution in [-0.4, -0.2) is 17.9 Å². The third kappa shape index (κ3) is 2.65. The fourth-order valence-electron chi connectivity index (χ4n) is 1.48. The molecule has 0 fully saturated rings. The lowest BCUT2D eigenvalue weighted by Crippen LogP contribution is -2.27. The molecule has 1 heterocycles. The average Bonchev–Trinajstić information content (AvgIpc) is 2.38. The predicted molar refractivity (Wildman–Crippen MR) is 68.4 cm³/mol. The van der Waals surface area contributed by atoms with E-state index in [-0.39, 0.29) is 22.6 Å². The summed E-state index contributed by atoms with van der Waals surface area (Å²) in [6, 6.07) is 10.5. The standard InChI is InChI=1S/C13H10ClFN2O/c1-17(10-7-5-9(15)6-8-10)13(18)11-3-2-4-12(14)16-11/h2-8H,1H3. The Balaban J connectivity index is 2.26. The van der Waals surface area contributed by atoms with Crippen LogP contribution in [0.4, 0.5) is 10.1 Å². The van der Waals surface area contributed by atoms with Gasteiger partial charge in [-0.25, -0.2) is 9.37 Å². The van der Waals surface area contributed by atoms with Gasteiger partial charge in [0, 0.05) is 12.7 Å². The van der Waals surface area contributed by atoms with Crippen molar-refractivity contribution in [2.24, 2.45) is 0 Å². The van der Waals surface area contributed by atoms with E-state index in [1.165, 1.54) is 29.2 Å². The van der Waals surface area contributed by atoms with E-state index < -0.39 is 0 Å². The van der Waals surface area contributed by atoms with Crippen LogP contribution >= 0.6 is 11.6 Å². The molecule has 1 aromatic carbocycles. The number of amides is 1. The summed E-state index contributed by atoms with van der Waals surface area (Å²) < 4.78 is 12.8. The van der Waals surface area contributed by atoms with Gasteiger partial charge in [0.2, 0.25) is 0 Å². The average molecular weight is 265 g/mol. The summed E-state index contributed by atoms with van der Waals surface area (Å²) in [5.74, 6) is -0.649. The largest absolute Gasteiger partial charge is 0.310 e. The van der Waals surface area contributed by atoms with Crippen molar-refractivity contribution in [2.45, 2.75) is 0 Å². The second-order valence-electron chi connectivity index (χ2n) is 3.69. The highest BCUT2D eigenvalue weighted by Gasteiger charge is 2.14. The topological polar surface area (TPSA) is 33.2 Å². The second kappa shape index (κ2) is 5.14. The van der Waals surface area contributed by atoms with Crippen molar-refractivity contribution in [3.8, 4) is 0 Å². The van der Waals surface area contributed by atoms with Crippen molar-refractivity contribution in [1.82, 2.24) is 4.98 Å². The lowest BCUT2D eigenvalue weighted by atomic mass is 10.2. The number of nitrogens with zero attached hydrogens (tertiary/aromatic N) is 2. The van der Waals surface area contributed by atoms with E-state index in [1.54, 1.807) is 25.2 Å². The predicted octanol–water partition coefficient (Wildman–Crippen LogP) is 3.15. The number of carbonyl (C=O) groups excluding carboxylic acids is 1. The van der Waals surface area contributed by atoms with Crippen LogP contribution < -0.4 is 4.90 Å². The van der Waals surface area contributed by atoms with Gasteiger partial charge in [-0.1, -0.05) is 17.7 Å². The molecular formula is C13H10ClFN2O. The van der Waals surface area contributed by atoms with Crippen molar-refractivity contribution in [2.75, 3.05) is 11.9 Å². The Bertz CT molecular complexity index is 571. The Labute approximate surface area is 109 Å². The third-order valence-corrected chi connectivity index (χ3v) is 2.66. The molecular weight excluding hydrogens is 255 g/mol. The molecule has 0 spiro atoms. The first kappa shape index (κ1) is 12.5. The van der Waals surface area contributed by atoms with Crippen molar-refractivity contribution >= 4 is 23.2 Å². The molecule has 3 nitrogen and oxygen atoms in total. The maximum absolute atomic E-state index is 12.8. The van der Waals surface area contributed by atoms with E-state index in [4.69, 9.17) is 11.6 Å². The minimum Gasteiger partial charge on any atom is -0.310 e. The quantitative estimate of drug-likeness (QED) is 0.781. The highest BCUT2D eigenvalue weighted by molar-refractivity contribution is 6.29. The van der Waals surface area contributed by atoms with Crippen LogP contribution in [0, 0.1) is 5.82 Å². The molecule has 0 N–H and O–H groups in total. The molecule has 92 valence electrons. The van der Waals surface area contributed by atoms with Gasteiger partial charge in [-0.2, -0.15) is 0 Å². The monoisotopic (exact) mass is 264 g/mol. The van der Waals surface area contributed by atoms with Gasteiger partial charge >= 0.3 is 0 Å². The lowest BCUT2D eigenvalue weighted by Gasteiger charge is -2.16. The van der Waals surface area contributed by atoms with E-state index >= 15 is 0 Å². The van der Waals surface area contributed by atoms with E-state index in [1.807, 2.05) is 0 Å². The molecule has 0 atom stereocenters. The molecule has 0 saturated heterocycles. The van der Waals surface area contributed by atoms with E-state index in [0.29, 0.717) is 5.69 Å². The van der Waals surface area contributed by atoms with Crippen molar-refractivity contribution < 1.29 is 9.18 Å². The molecule has 0 radical (unpaired) electrons. The molecule has 0 aliphatic rings. The van der Waals surface area contributed by atoms with Crippen LogP contribution in [0.2, 0.25) is 5.15 Å². The summed E-state index contributed by atoms with van der Waals surface area (Å²) in [4.78, 5) is 17.4. The summed E-state index contributed by atoms with van der Waals surface area (Å²) in [6.07, 6.45) is 0. The summed E-state index contributed by atoms with van der Waals surface area (Å²) >= 11 is 5.73. The molecule has 2 aromatic rings. The maximum Gasteiger partial charge on any atom is 0.276 e. The Morgan fingerprint density at radius 2 is 1.89 bits per heavy atom. The molecule has 1 aromatic heterocycles. The number of pyridine rings is 1. The van der Waals surface area contributed by atoms with Gasteiger partial charge in [0.1, 0.15) is 16.7 Å². The number of rotatable bonds is 2. The number of hydrogen-bond acceptors (Lipinski definition) is 2. The number of halogens is 2. The molecule has 0 saturated carbocycles. The molecule has 0 aliphatic heterocycles. The number of aromatic nitrogens is 1. The van der Waals surface area contributed by atoms with Gasteiger partial charge in [-0.15, -0.1) is 0 Å². The molecule has 18 heavy (non-hydrogen) atoms. The Hall–Kier alpha value is -1.94. The van der Waals surface area contributed by atoms with Gasteiger partial charge < -0.3 is 4.90 Å². The fraction of sp³-hybridized carbons (Fsp3) is 0.0769. The van der Waals surface area contributed by atoms with Gasteiger partial charge in [-0.05, 0) is 36.4 Å². The molecule has 1 amide bonds. The van der Waals surface area contributed by atoms with Crippen LogP contribution in [0.15, 0.2) is 42.5 Å². The minimum absolute atomic E-state index is 0.245. The summed E-state index contributed by atoms with van der Waals surface area (Å²) in [5, 5.41) is 0.258. The van der Waals surface area contributed by atoms with Crippen LogP contribution in [0.25, 0.3) is 0 Å². The normalized spacial score (nSPS) is 10.2. The number of hydrogen-bond donors (Lipinski definition) is 0. The Morgan fingerprint density at radius 1 is 1.22 bits per heavy atom. The van der Waals surface area contributed by atoms with Crippen molar-refractivity contribution in [3.05, 3.63) is 59.1 Å². The zero-order valence-electron chi connectivity index (χ0n) is 9.60. The molecule has 5 heteroatoms. The van der Waals surface area contributed by atoms with E-state index in [0.717, 1.165) is 0 Å². The Kier molecular flexibility index (Phi) is 3.58. The second-order valence-corrected chi connectivity index (χ2v) is 4.07. The molecule has 0 bridgehead atoms. The SMILES string of the molecule is CN(C(=O)c1cccc(Cl)n1)c1ccc(F)cc1. The first-order valence-corrected chi connectivity index (χ1v) is 5.62.